The van der Waals surface area contributed by atoms with E-state index in [4.69, 9.17) is 5.73 Å². The van der Waals surface area contributed by atoms with Gasteiger partial charge in [-0.3, -0.25) is 4.99 Å². The molecule has 90 valence electrons. The minimum atomic E-state index is -0.152. The average Bonchev–Trinajstić information content (AvgIpc) is 2.55. The van der Waals surface area contributed by atoms with E-state index in [1.54, 1.807) is 0 Å². The molecule has 0 amide bonds. The summed E-state index contributed by atoms with van der Waals surface area (Å²) in [6.45, 7) is 6.14. The summed E-state index contributed by atoms with van der Waals surface area (Å²) >= 11 is 0. The molecule has 1 heterocycles. The van der Waals surface area contributed by atoms with Gasteiger partial charge in [-0.25, -0.2) is 0 Å². The van der Waals surface area contributed by atoms with Gasteiger partial charge in [0.25, 0.3) is 0 Å². The zero-order valence-corrected chi connectivity index (χ0v) is 10.9. The molecule has 2 rings (SSSR count). The van der Waals surface area contributed by atoms with Crippen molar-refractivity contribution in [2.24, 2.45) is 17.8 Å². The van der Waals surface area contributed by atoms with Crippen LogP contribution in [0, 0.1) is 0 Å². The number of nitrogens with zero attached hydrogens (tertiary/aromatic N) is 2. The second-order valence-corrected chi connectivity index (χ2v) is 5.34. The molecule has 0 aliphatic carbocycles. The summed E-state index contributed by atoms with van der Waals surface area (Å²) in [6, 6.07) is 8.22. The minimum absolute atomic E-state index is 0.152. The molecular formula is C14H19N3. The first-order valence-corrected chi connectivity index (χ1v) is 5.78. The molecule has 0 saturated heterocycles. The molecule has 3 nitrogen and oxygen atoms in total. The van der Waals surface area contributed by atoms with Crippen LogP contribution in [0.3, 0.4) is 0 Å². The van der Waals surface area contributed by atoms with E-state index in [-0.39, 0.29) is 5.54 Å². The van der Waals surface area contributed by atoms with Gasteiger partial charge in [0.2, 0.25) is 0 Å². The maximum atomic E-state index is 6.10. The fourth-order valence-electron chi connectivity index (χ4n) is 1.97. The van der Waals surface area contributed by atoms with E-state index in [1.165, 1.54) is 5.52 Å². The van der Waals surface area contributed by atoms with Crippen LogP contribution < -0.4 is 5.73 Å². The van der Waals surface area contributed by atoms with Crippen LogP contribution in [0.2, 0.25) is 0 Å². The molecule has 0 fully saturated rings. The van der Waals surface area contributed by atoms with E-state index >= 15 is 0 Å². The molecule has 2 aromatic rings. The monoisotopic (exact) mass is 229 g/mol. The second-order valence-electron chi connectivity index (χ2n) is 5.34. The average molecular weight is 229 g/mol. The summed E-state index contributed by atoms with van der Waals surface area (Å²) in [5.74, 6) is 0.606. The number of para-hydroxylation sites is 1. The SMILES string of the molecule is Cn1cc(C(N)=NC(C)(C)C)c2ccccc21. The van der Waals surface area contributed by atoms with Crippen LogP contribution >= 0.6 is 0 Å². The largest absolute Gasteiger partial charge is 0.383 e. The van der Waals surface area contributed by atoms with Crippen molar-refractivity contribution in [1.82, 2.24) is 4.57 Å². The molecule has 17 heavy (non-hydrogen) atoms. The zero-order valence-electron chi connectivity index (χ0n) is 10.9. The Balaban J connectivity index is 2.61. The molecule has 0 radical (unpaired) electrons. The van der Waals surface area contributed by atoms with Crippen molar-refractivity contribution in [3.05, 3.63) is 36.0 Å². The Hall–Kier alpha value is -1.77. The number of aliphatic imine (C=N–C) groups is 1. The summed E-state index contributed by atoms with van der Waals surface area (Å²) < 4.78 is 2.08. The minimum Gasteiger partial charge on any atom is -0.383 e. The second kappa shape index (κ2) is 3.91. The van der Waals surface area contributed by atoms with Crippen LogP contribution in [-0.4, -0.2) is 15.9 Å². The predicted octanol–water partition coefficient (Wildman–Crippen LogP) is 2.68. The van der Waals surface area contributed by atoms with Crippen LogP contribution in [-0.2, 0) is 7.05 Å². The van der Waals surface area contributed by atoms with Gasteiger partial charge in [0.15, 0.2) is 0 Å². The molecule has 0 spiro atoms. The van der Waals surface area contributed by atoms with Gasteiger partial charge in [-0.2, -0.15) is 0 Å². The lowest BCUT2D eigenvalue weighted by atomic mass is 10.1. The van der Waals surface area contributed by atoms with Crippen molar-refractivity contribution in [2.45, 2.75) is 26.3 Å². The number of rotatable bonds is 1. The van der Waals surface area contributed by atoms with Gasteiger partial charge in [-0.1, -0.05) is 18.2 Å². The molecule has 2 N–H and O–H groups in total. The van der Waals surface area contributed by atoms with Crippen LogP contribution in [0.15, 0.2) is 35.5 Å². The molecule has 0 bridgehead atoms. The first kappa shape index (κ1) is 11.7. The number of hydrogen-bond donors (Lipinski definition) is 1. The van der Waals surface area contributed by atoms with Crippen molar-refractivity contribution in [3.8, 4) is 0 Å². The molecule has 3 heteroatoms. The van der Waals surface area contributed by atoms with Crippen molar-refractivity contribution in [1.29, 1.82) is 0 Å². The van der Waals surface area contributed by atoms with Crippen molar-refractivity contribution >= 4 is 16.7 Å². The van der Waals surface area contributed by atoms with Crippen LogP contribution in [0.5, 0.6) is 0 Å². The van der Waals surface area contributed by atoms with Crippen LogP contribution in [0.1, 0.15) is 26.3 Å². The van der Waals surface area contributed by atoms with E-state index < -0.39 is 0 Å². The molecule has 0 aliphatic heterocycles. The third-order valence-electron chi connectivity index (χ3n) is 2.63. The van der Waals surface area contributed by atoms with Gasteiger partial charge in [-0.05, 0) is 26.8 Å². The number of aryl methyl sites for hydroxylation is 1. The topological polar surface area (TPSA) is 43.3 Å². The molecule has 0 unspecified atom stereocenters. The molecular weight excluding hydrogens is 210 g/mol. The number of amidine groups is 1. The molecule has 0 atom stereocenters. The van der Waals surface area contributed by atoms with Crippen molar-refractivity contribution in [3.63, 3.8) is 0 Å². The van der Waals surface area contributed by atoms with Crippen molar-refractivity contribution in [2.75, 3.05) is 0 Å². The molecule has 0 saturated carbocycles. The fraction of sp³-hybridized carbons (Fsp3) is 0.357. The quantitative estimate of drug-likeness (QED) is 0.593. The maximum Gasteiger partial charge on any atom is 0.128 e. The summed E-state index contributed by atoms with van der Waals surface area (Å²) in [7, 11) is 2.02. The number of fused-ring (bicyclic) bond motifs is 1. The fourth-order valence-corrected chi connectivity index (χ4v) is 1.97. The Kier molecular flexibility index (Phi) is 2.69. The van der Waals surface area contributed by atoms with E-state index in [0.717, 1.165) is 10.9 Å². The Bertz CT molecular complexity index is 571. The number of hydrogen-bond acceptors (Lipinski definition) is 1. The predicted molar refractivity (Wildman–Crippen MR) is 73.4 cm³/mol. The lowest BCUT2D eigenvalue weighted by molar-refractivity contribution is 0.583. The van der Waals surface area contributed by atoms with Crippen LogP contribution in [0.25, 0.3) is 10.9 Å². The van der Waals surface area contributed by atoms with Gasteiger partial charge in [-0.15, -0.1) is 0 Å². The molecule has 0 aliphatic rings. The van der Waals surface area contributed by atoms with Crippen molar-refractivity contribution < 1.29 is 0 Å². The normalized spacial score (nSPS) is 13.3. The summed E-state index contributed by atoms with van der Waals surface area (Å²) in [6.07, 6.45) is 2.04. The van der Waals surface area contributed by atoms with E-state index in [2.05, 4.69) is 21.7 Å². The summed E-state index contributed by atoms with van der Waals surface area (Å²) in [4.78, 5) is 4.52. The summed E-state index contributed by atoms with van der Waals surface area (Å²) in [5.41, 5.74) is 8.13. The summed E-state index contributed by atoms with van der Waals surface area (Å²) in [5, 5.41) is 1.15. The Morgan fingerprint density at radius 2 is 1.88 bits per heavy atom. The Labute approximate surface area is 102 Å². The number of benzene rings is 1. The van der Waals surface area contributed by atoms with E-state index in [1.807, 2.05) is 46.1 Å². The lowest BCUT2D eigenvalue weighted by Crippen LogP contribution is -2.21. The third-order valence-corrected chi connectivity index (χ3v) is 2.63. The smallest absolute Gasteiger partial charge is 0.128 e. The van der Waals surface area contributed by atoms with Gasteiger partial charge in [0, 0.05) is 29.7 Å². The highest BCUT2D eigenvalue weighted by Crippen LogP contribution is 2.21. The zero-order chi connectivity index (χ0) is 12.6. The molecule has 1 aromatic heterocycles. The first-order valence-electron chi connectivity index (χ1n) is 5.78. The Morgan fingerprint density at radius 1 is 1.24 bits per heavy atom. The lowest BCUT2D eigenvalue weighted by Gasteiger charge is -2.13. The van der Waals surface area contributed by atoms with E-state index in [0.29, 0.717) is 5.84 Å². The number of nitrogens with two attached hydrogens (primary N) is 1. The highest BCUT2D eigenvalue weighted by atomic mass is 15.0. The Morgan fingerprint density at radius 3 is 2.53 bits per heavy atom. The highest BCUT2D eigenvalue weighted by molar-refractivity contribution is 6.09. The van der Waals surface area contributed by atoms with Crippen LogP contribution in [0.4, 0.5) is 0 Å². The van der Waals surface area contributed by atoms with Gasteiger partial charge >= 0.3 is 0 Å². The maximum absolute atomic E-state index is 6.10. The van der Waals surface area contributed by atoms with Gasteiger partial charge in [0.1, 0.15) is 5.84 Å². The van der Waals surface area contributed by atoms with Gasteiger partial charge in [0.05, 0.1) is 5.54 Å². The molecule has 1 aromatic carbocycles. The highest BCUT2D eigenvalue weighted by Gasteiger charge is 2.13. The van der Waals surface area contributed by atoms with E-state index in [9.17, 15) is 0 Å². The first-order chi connectivity index (χ1) is 7.88. The standard InChI is InChI=1S/C14H19N3/c1-14(2,3)16-13(15)11-9-17(4)12-8-6-5-7-10(11)12/h5-9H,1-4H3,(H2,15,16). The van der Waals surface area contributed by atoms with Gasteiger partial charge < -0.3 is 10.3 Å². The number of aromatic nitrogens is 1. The third kappa shape index (κ3) is 2.33.